The number of hydrogen-bond donors (Lipinski definition) is 0. The minimum absolute atomic E-state index is 0.139. The van der Waals surface area contributed by atoms with Gasteiger partial charge in [-0.2, -0.15) is 5.26 Å². The number of benzene rings is 2. The smallest absolute Gasteiger partial charge is 0.161 e. The third-order valence-electron chi connectivity index (χ3n) is 3.47. The summed E-state index contributed by atoms with van der Waals surface area (Å²) in [6, 6.07) is 15.9. The lowest BCUT2D eigenvalue weighted by Crippen LogP contribution is -1.85. The molecule has 22 heavy (non-hydrogen) atoms. The lowest BCUT2D eigenvalue weighted by atomic mass is 10.0. The molecule has 3 heteroatoms. The third-order valence-corrected chi connectivity index (χ3v) is 3.47. The lowest BCUT2D eigenvalue weighted by Gasteiger charge is -2.05. The first kappa shape index (κ1) is 15.9. The monoisotopic (exact) mass is 297 g/mol. The maximum Gasteiger partial charge on any atom is 0.161 e. The van der Waals surface area contributed by atoms with E-state index in [9.17, 15) is 8.78 Å². The topological polar surface area (TPSA) is 23.8 Å². The second kappa shape index (κ2) is 7.51. The van der Waals surface area contributed by atoms with Crippen molar-refractivity contribution in [1.29, 1.82) is 5.26 Å². The second-order valence-electron chi connectivity index (χ2n) is 5.09. The van der Waals surface area contributed by atoms with E-state index in [0.29, 0.717) is 12.0 Å². The minimum Gasteiger partial charge on any atom is -0.209 e. The van der Waals surface area contributed by atoms with Crippen molar-refractivity contribution in [2.24, 2.45) is 0 Å². The maximum atomic E-state index is 14.0. The summed E-state index contributed by atoms with van der Waals surface area (Å²) >= 11 is 0. The molecule has 0 N–H and O–H groups in total. The maximum absolute atomic E-state index is 14.0. The molecule has 0 heterocycles. The fraction of sp³-hybridized carbons (Fsp3) is 0.211. The Morgan fingerprint density at radius 2 is 1.50 bits per heavy atom. The first-order valence-corrected chi connectivity index (χ1v) is 7.30. The number of allylic oxidation sites excluding steroid dienone is 1. The number of nitriles is 1. The molecule has 2 aromatic carbocycles. The number of halogens is 2. The highest BCUT2D eigenvalue weighted by Crippen LogP contribution is 2.27. The van der Waals surface area contributed by atoms with Crippen molar-refractivity contribution in [3.63, 3.8) is 0 Å². The molecule has 0 aliphatic carbocycles. The summed E-state index contributed by atoms with van der Waals surface area (Å²) in [7, 11) is 0. The molecule has 0 amide bonds. The summed E-state index contributed by atoms with van der Waals surface area (Å²) in [5, 5.41) is 8.78. The Labute approximate surface area is 129 Å². The van der Waals surface area contributed by atoms with Gasteiger partial charge in [-0.05, 0) is 29.7 Å². The first-order valence-electron chi connectivity index (χ1n) is 7.30. The molecule has 2 aromatic rings. The van der Waals surface area contributed by atoms with Crippen LogP contribution in [0.4, 0.5) is 8.78 Å². The van der Waals surface area contributed by atoms with Gasteiger partial charge in [-0.15, -0.1) is 0 Å². The van der Waals surface area contributed by atoms with Crippen molar-refractivity contribution in [3.8, 4) is 17.2 Å². The van der Waals surface area contributed by atoms with Crippen LogP contribution in [0.2, 0.25) is 0 Å². The summed E-state index contributed by atoms with van der Waals surface area (Å²) in [5.41, 5.74) is 2.68. The van der Waals surface area contributed by atoms with Gasteiger partial charge >= 0.3 is 0 Å². The van der Waals surface area contributed by atoms with Crippen LogP contribution in [0.3, 0.4) is 0 Å². The van der Waals surface area contributed by atoms with Gasteiger partial charge in [0.2, 0.25) is 0 Å². The van der Waals surface area contributed by atoms with E-state index in [2.05, 4.69) is 6.07 Å². The Morgan fingerprint density at radius 1 is 0.955 bits per heavy atom. The van der Waals surface area contributed by atoms with Gasteiger partial charge in [-0.25, -0.2) is 8.78 Å². The zero-order valence-electron chi connectivity index (χ0n) is 12.4. The minimum atomic E-state index is -0.778. The van der Waals surface area contributed by atoms with Gasteiger partial charge < -0.3 is 0 Å². The van der Waals surface area contributed by atoms with Crippen LogP contribution >= 0.6 is 0 Å². The van der Waals surface area contributed by atoms with E-state index in [4.69, 9.17) is 5.26 Å². The van der Waals surface area contributed by atoms with E-state index in [1.54, 1.807) is 36.4 Å². The lowest BCUT2D eigenvalue weighted by molar-refractivity contribution is 0.548. The van der Waals surface area contributed by atoms with Crippen LogP contribution in [0.25, 0.3) is 17.0 Å². The molecule has 0 aliphatic heterocycles. The quantitative estimate of drug-likeness (QED) is 0.661. The predicted molar refractivity (Wildman–Crippen MR) is 85.3 cm³/mol. The summed E-state index contributed by atoms with van der Waals surface area (Å²) in [5.74, 6) is -1.46. The zero-order valence-corrected chi connectivity index (χ0v) is 12.4. The number of nitrogens with zero attached hydrogens (tertiary/aromatic N) is 1. The van der Waals surface area contributed by atoms with E-state index in [1.165, 1.54) is 0 Å². The highest BCUT2D eigenvalue weighted by molar-refractivity contribution is 5.68. The second-order valence-corrected chi connectivity index (χ2v) is 5.09. The molecule has 0 saturated carbocycles. The standard InChI is InChI=1S/C19H17F2N/c1-2-3-4-18(20)19(21)17-11-9-16(10-12-17)15-7-5-14(13-22)6-8-15/h5-12H,2-4H2,1H3/b19-18-. The van der Waals surface area contributed by atoms with Crippen LogP contribution in [0, 0.1) is 11.3 Å². The van der Waals surface area contributed by atoms with Gasteiger partial charge in [-0.1, -0.05) is 49.7 Å². The van der Waals surface area contributed by atoms with E-state index in [0.717, 1.165) is 17.5 Å². The summed E-state index contributed by atoms with van der Waals surface area (Å²) < 4.78 is 27.6. The first-order chi connectivity index (χ1) is 10.7. The Morgan fingerprint density at radius 3 is 2.00 bits per heavy atom. The van der Waals surface area contributed by atoms with E-state index in [-0.39, 0.29) is 12.0 Å². The normalized spacial score (nSPS) is 11.7. The van der Waals surface area contributed by atoms with Gasteiger partial charge in [0.15, 0.2) is 5.83 Å². The van der Waals surface area contributed by atoms with Crippen molar-refractivity contribution in [3.05, 3.63) is 65.5 Å². The molecule has 1 nitrogen and oxygen atoms in total. The Kier molecular flexibility index (Phi) is 5.43. The Bertz CT molecular complexity index is 692. The van der Waals surface area contributed by atoms with Crippen LogP contribution in [-0.2, 0) is 0 Å². The van der Waals surface area contributed by atoms with Gasteiger partial charge in [0, 0.05) is 12.0 Å². The summed E-state index contributed by atoms with van der Waals surface area (Å²) in [6.45, 7) is 1.94. The van der Waals surface area contributed by atoms with Gasteiger partial charge in [0.1, 0.15) is 5.83 Å². The van der Waals surface area contributed by atoms with Gasteiger partial charge in [-0.3, -0.25) is 0 Å². The molecule has 2 rings (SSSR count). The molecule has 0 aromatic heterocycles. The molecule has 0 saturated heterocycles. The SMILES string of the molecule is CCCC/C(F)=C(/F)c1ccc(-c2ccc(C#N)cc2)cc1. The molecule has 0 bridgehead atoms. The summed E-state index contributed by atoms with van der Waals surface area (Å²) in [4.78, 5) is 0. The average molecular weight is 297 g/mol. The highest BCUT2D eigenvalue weighted by atomic mass is 19.2. The fourth-order valence-corrected chi connectivity index (χ4v) is 2.14. The highest BCUT2D eigenvalue weighted by Gasteiger charge is 2.09. The van der Waals surface area contributed by atoms with Crippen LogP contribution < -0.4 is 0 Å². The molecule has 0 unspecified atom stereocenters. The van der Waals surface area contributed by atoms with Crippen LogP contribution in [0.15, 0.2) is 54.4 Å². The zero-order chi connectivity index (χ0) is 15.9. The predicted octanol–water partition coefficient (Wildman–Crippen LogP) is 6.02. The van der Waals surface area contributed by atoms with Crippen molar-refractivity contribution in [1.82, 2.24) is 0 Å². The van der Waals surface area contributed by atoms with E-state index in [1.807, 2.05) is 19.1 Å². The average Bonchev–Trinajstić information content (AvgIpc) is 2.59. The third kappa shape index (κ3) is 3.79. The fourth-order valence-electron chi connectivity index (χ4n) is 2.14. The van der Waals surface area contributed by atoms with Crippen molar-refractivity contribution in [2.75, 3.05) is 0 Å². The molecule has 0 fully saturated rings. The van der Waals surface area contributed by atoms with Crippen molar-refractivity contribution < 1.29 is 8.78 Å². The molecule has 0 radical (unpaired) electrons. The molecule has 112 valence electrons. The number of hydrogen-bond acceptors (Lipinski definition) is 1. The van der Waals surface area contributed by atoms with Crippen LogP contribution in [0.5, 0.6) is 0 Å². The molecule has 0 spiro atoms. The Hall–Kier alpha value is -2.47. The summed E-state index contributed by atoms with van der Waals surface area (Å²) in [6.07, 6.45) is 1.61. The van der Waals surface area contributed by atoms with Gasteiger partial charge in [0.25, 0.3) is 0 Å². The van der Waals surface area contributed by atoms with Crippen LogP contribution in [-0.4, -0.2) is 0 Å². The van der Waals surface area contributed by atoms with Crippen molar-refractivity contribution in [2.45, 2.75) is 26.2 Å². The van der Waals surface area contributed by atoms with Crippen LogP contribution in [0.1, 0.15) is 37.3 Å². The number of rotatable bonds is 5. The van der Waals surface area contributed by atoms with E-state index < -0.39 is 11.7 Å². The Balaban J connectivity index is 2.21. The van der Waals surface area contributed by atoms with Crippen molar-refractivity contribution >= 4 is 5.83 Å². The largest absolute Gasteiger partial charge is 0.209 e. The molecular formula is C19H17F2N. The number of unbranched alkanes of at least 4 members (excludes halogenated alkanes) is 1. The molecular weight excluding hydrogens is 280 g/mol. The van der Waals surface area contributed by atoms with Gasteiger partial charge in [0.05, 0.1) is 11.6 Å². The molecule has 0 aliphatic rings. The molecule has 0 atom stereocenters. The van der Waals surface area contributed by atoms with E-state index >= 15 is 0 Å².